The highest BCUT2D eigenvalue weighted by molar-refractivity contribution is 5.81. The topological polar surface area (TPSA) is 284 Å². The largest absolute Gasteiger partial charge is 0.463 e. The second-order valence-corrected chi connectivity index (χ2v) is 10.1. The Kier molecular flexibility index (Phi) is 13.8. The zero-order chi connectivity index (χ0) is 34.9. The summed E-state index contributed by atoms with van der Waals surface area (Å²) >= 11 is 0. The van der Waals surface area contributed by atoms with E-state index in [1.165, 1.54) is 0 Å². The molecule has 46 heavy (non-hydrogen) atoms. The van der Waals surface area contributed by atoms with Crippen molar-refractivity contribution in [1.29, 1.82) is 0 Å². The maximum absolute atomic E-state index is 12.3. The van der Waals surface area contributed by atoms with Crippen LogP contribution in [0.25, 0.3) is 0 Å². The van der Waals surface area contributed by atoms with Gasteiger partial charge < -0.3 is 59.4 Å². The number of ketones is 1. The summed E-state index contributed by atoms with van der Waals surface area (Å²) in [5.41, 5.74) is 10.7. The molecular formula is C26H37N3O17. The number of primary amides is 2. The maximum atomic E-state index is 12.3. The molecule has 0 aromatic heterocycles. The highest BCUT2D eigenvalue weighted by Gasteiger charge is 2.57. The van der Waals surface area contributed by atoms with Gasteiger partial charge in [0, 0.05) is 34.6 Å². The van der Waals surface area contributed by atoms with E-state index in [1.807, 2.05) is 0 Å². The molecule has 2 rings (SSSR count). The van der Waals surface area contributed by atoms with Crippen LogP contribution in [0, 0.1) is 0 Å². The molecule has 2 fully saturated rings. The SMILES string of the molecule is CC(=O)CO[C@H]1O[C@H](C(N)=O)[C@H](OC(C)=O)[C@H](OC(N)=O)[C@H]1O[C@@H]1O[C@H](COC(C)=O)[C@@H](OC(C)=O)[C@H](OC(C)=O)[C@H]1NC(C)=O. The molecule has 0 spiro atoms. The lowest BCUT2D eigenvalue weighted by Gasteiger charge is -2.48. The average molecular weight is 664 g/mol. The minimum absolute atomic E-state index is 0.530. The maximum Gasteiger partial charge on any atom is 0.405 e. The van der Waals surface area contributed by atoms with Gasteiger partial charge in [-0.3, -0.25) is 33.6 Å². The van der Waals surface area contributed by atoms with Gasteiger partial charge in [-0.2, -0.15) is 0 Å². The second kappa shape index (κ2) is 16.8. The van der Waals surface area contributed by atoms with Crippen LogP contribution in [0.1, 0.15) is 41.5 Å². The summed E-state index contributed by atoms with van der Waals surface area (Å²) in [5, 5.41) is 2.46. The number of esters is 4. The number of hydrogen-bond acceptors (Lipinski definition) is 17. The van der Waals surface area contributed by atoms with Gasteiger partial charge in [-0.1, -0.05) is 0 Å². The Morgan fingerprint density at radius 2 is 1.22 bits per heavy atom. The lowest BCUT2D eigenvalue weighted by Crippen LogP contribution is -2.70. The van der Waals surface area contributed by atoms with Gasteiger partial charge in [-0.15, -0.1) is 0 Å². The molecule has 2 saturated heterocycles. The summed E-state index contributed by atoms with van der Waals surface area (Å²) in [6, 6.07) is -1.52. The third-order valence-corrected chi connectivity index (χ3v) is 6.14. The zero-order valence-electron chi connectivity index (χ0n) is 25.8. The monoisotopic (exact) mass is 663 g/mol. The third-order valence-electron chi connectivity index (χ3n) is 6.14. The minimum Gasteiger partial charge on any atom is -0.463 e. The molecule has 0 bridgehead atoms. The normalized spacial score (nSPS) is 30.6. The van der Waals surface area contributed by atoms with E-state index in [0.717, 1.165) is 41.5 Å². The van der Waals surface area contributed by atoms with E-state index >= 15 is 0 Å². The zero-order valence-corrected chi connectivity index (χ0v) is 25.8. The average Bonchev–Trinajstić information content (AvgIpc) is 2.90. The van der Waals surface area contributed by atoms with Gasteiger partial charge in [0.2, 0.25) is 5.91 Å². The van der Waals surface area contributed by atoms with Gasteiger partial charge in [-0.25, -0.2) is 4.79 Å². The molecule has 0 aromatic rings. The van der Waals surface area contributed by atoms with E-state index in [-0.39, 0.29) is 0 Å². The number of amides is 3. The summed E-state index contributed by atoms with van der Waals surface area (Å²) in [6.45, 7) is 5.10. The first kappa shape index (κ1) is 37.8. The quantitative estimate of drug-likeness (QED) is 0.133. The van der Waals surface area contributed by atoms with E-state index < -0.39 is 122 Å². The van der Waals surface area contributed by atoms with Crippen molar-refractivity contribution in [2.75, 3.05) is 13.2 Å². The van der Waals surface area contributed by atoms with Gasteiger partial charge in [0.15, 0.2) is 55.0 Å². The van der Waals surface area contributed by atoms with Crippen molar-refractivity contribution in [1.82, 2.24) is 5.32 Å². The molecule has 20 nitrogen and oxygen atoms in total. The second-order valence-electron chi connectivity index (χ2n) is 10.1. The predicted molar refractivity (Wildman–Crippen MR) is 143 cm³/mol. The van der Waals surface area contributed by atoms with Crippen LogP contribution in [0.5, 0.6) is 0 Å². The lowest BCUT2D eigenvalue weighted by molar-refractivity contribution is -0.348. The number of Topliss-reactive ketones (excluding diaryl/α,β-unsaturated/α-hetero) is 1. The molecule has 5 N–H and O–H groups in total. The standard InChI is InChI=1S/C26H37N3O17/c1-9(30)7-39-25-22(20(46-26(28)37)19(42-14(6)35)21(44-25)23(27)36)45-24-16(29-10(2)31)18(41-13(5)34)17(40-12(4)33)15(43-24)8-38-11(3)32/h15-22,24-25H,7-8H2,1-6H3,(H2,27,36)(H2,28,37)(H,29,31)/t15-,16-,17-,18-,19-,20+,21+,22-,24+,25+/m1/s1. The van der Waals surface area contributed by atoms with Crippen molar-refractivity contribution >= 4 is 47.6 Å². The molecule has 3 amide bonds. The molecule has 2 aliphatic rings. The van der Waals surface area contributed by atoms with Crippen LogP contribution in [0.3, 0.4) is 0 Å². The van der Waals surface area contributed by atoms with E-state index in [4.69, 9.17) is 54.1 Å². The van der Waals surface area contributed by atoms with E-state index in [0.29, 0.717) is 0 Å². The fourth-order valence-corrected chi connectivity index (χ4v) is 4.67. The van der Waals surface area contributed by atoms with Crippen molar-refractivity contribution < 1.29 is 81.0 Å². The van der Waals surface area contributed by atoms with Gasteiger partial charge in [0.25, 0.3) is 5.91 Å². The predicted octanol–water partition coefficient (Wildman–Crippen LogP) is -2.76. The minimum atomic E-state index is -1.85. The smallest absolute Gasteiger partial charge is 0.405 e. The summed E-state index contributed by atoms with van der Waals surface area (Å²) in [7, 11) is 0. The van der Waals surface area contributed by atoms with E-state index in [9.17, 15) is 38.4 Å². The summed E-state index contributed by atoms with van der Waals surface area (Å²) < 4.78 is 49.3. The molecule has 0 aliphatic carbocycles. The summed E-state index contributed by atoms with van der Waals surface area (Å²) in [4.78, 5) is 96.3. The van der Waals surface area contributed by atoms with Crippen LogP contribution in [0.15, 0.2) is 0 Å². The van der Waals surface area contributed by atoms with Crippen molar-refractivity contribution in [2.24, 2.45) is 11.5 Å². The van der Waals surface area contributed by atoms with Gasteiger partial charge in [0.05, 0.1) is 0 Å². The van der Waals surface area contributed by atoms with Crippen LogP contribution in [0.2, 0.25) is 0 Å². The first-order chi connectivity index (χ1) is 21.4. The van der Waals surface area contributed by atoms with Gasteiger partial charge in [-0.05, 0) is 6.92 Å². The number of ether oxygens (including phenoxy) is 9. The van der Waals surface area contributed by atoms with Gasteiger partial charge >= 0.3 is 30.0 Å². The van der Waals surface area contributed by atoms with Crippen LogP contribution >= 0.6 is 0 Å². The van der Waals surface area contributed by atoms with Crippen molar-refractivity contribution in [3.63, 3.8) is 0 Å². The van der Waals surface area contributed by atoms with Gasteiger partial charge in [0.1, 0.15) is 25.4 Å². The Balaban J connectivity index is 2.73. The fraction of sp³-hybridized carbons (Fsp3) is 0.692. The lowest BCUT2D eigenvalue weighted by atomic mass is 9.94. The first-order valence-electron chi connectivity index (χ1n) is 13.7. The van der Waals surface area contributed by atoms with Crippen LogP contribution in [0.4, 0.5) is 4.79 Å². The molecule has 10 atom stereocenters. The summed E-state index contributed by atoms with van der Waals surface area (Å²) in [5.74, 6) is -5.98. The van der Waals surface area contributed by atoms with Crippen LogP contribution in [-0.4, -0.2) is 122 Å². The van der Waals surface area contributed by atoms with Crippen LogP contribution in [-0.2, 0) is 76.2 Å². The first-order valence-corrected chi connectivity index (χ1v) is 13.7. The molecule has 0 unspecified atom stereocenters. The highest BCUT2D eigenvalue weighted by atomic mass is 16.8. The Bertz CT molecular complexity index is 1190. The molecule has 2 aliphatic heterocycles. The molecule has 258 valence electrons. The number of carbonyl (C=O) groups is 8. The summed E-state index contributed by atoms with van der Waals surface area (Å²) in [6.07, 6.45) is -16.8. The van der Waals surface area contributed by atoms with Crippen molar-refractivity contribution in [3.05, 3.63) is 0 Å². The van der Waals surface area contributed by atoms with Crippen LogP contribution < -0.4 is 16.8 Å². The molecular weight excluding hydrogens is 626 g/mol. The number of nitrogens with two attached hydrogens (primary N) is 2. The number of nitrogens with one attached hydrogen (secondary N) is 1. The number of carbonyl (C=O) groups excluding carboxylic acids is 8. The Hall–Kier alpha value is -4.40. The Labute approximate surface area is 261 Å². The van der Waals surface area contributed by atoms with E-state index in [1.54, 1.807) is 0 Å². The Morgan fingerprint density at radius 3 is 1.70 bits per heavy atom. The highest BCUT2D eigenvalue weighted by Crippen LogP contribution is 2.34. The number of rotatable bonds is 13. The van der Waals surface area contributed by atoms with Crippen molar-refractivity contribution in [2.45, 2.75) is 103 Å². The fourth-order valence-electron chi connectivity index (χ4n) is 4.67. The number of hydrogen-bond donors (Lipinski definition) is 3. The molecule has 0 saturated carbocycles. The molecule has 2 heterocycles. The Morgan fingerprint density at radius 1 is 0.652 bits per heavy atom. The molecule has 0 aromatic carbocycles. The molecule has 20 heteroatoms. The third kappa shape index (κ3) is 10.9. The van der Waals surface area contributed by atoms with E-state index in [2.05, 4.69) is 5.32 Å². The molecule has 0 radical (unpaired) electrons. The van der Waals surface area contributed by atoms with Crippen molar-refractivity contribution in [3.8, 4) is 0 Å².